The molecular formula is C20H18N4O3S. The van der Waals surface area contributed by atoms with Crippen LogP contribution in [-0.4, -0.2) is 30.8 Å². The summed E-state index contributed by atoms with van der Waals surface area (Å²) in [4.78, 5) is 21.9. The van der Waals surface area contributed by atoms with Crippen LogP contribution < -0.4 is 9.62 Å². The lowest BCUT2D eigenvalue weighted by Gasteiger charge is -2.15. The summed E-state index contributed by atoms with van der Waals surface area (Å²) in [6.07, 6.45) is 3.52. The van der Waals surface area contributed by atoms with E-state index in [9.17, 15) is 13.2 Å². The highest BCUT2D eigenvalue weighted by atomic mass is 32.2. The van der Waals surface area contributed by atoms with Gasteiger partial charge in [0.25, 0.3) is 10.0 Å². The van der Waals surface area contributed by atoms with Gasteiger partial charge in [-0.3, -0.25) is 9.52 Å². The van der Waals surface area contributed by atoms with Gasteiger partial charge in [-0.05, 0) is 30.2 Å². The van der Waals surface area contributed by atoms with Crippen molar-refractivity contribution < 1.29 is 13.2 Å². The van der Waals surface area contributed by atoms with Crippen LogP contribution in [0.15, 0.2) is 65.8 Å². The number of benzene rings is 2. The van der Waals surface area contributed by atoms with Crippen LogP contribution in [0.1, 0.15) is 12.5 Å². The molecule has 0 spiro atoms. The van der Waals surface area contributed by atoms with Gasteiger partial charge in [-0.1, -0.05) is 30.3 Å². The van der Waals surface area contributed by atoms with Gasteiger partial charge in [0.1, 0.15) is 0 Å². The summed E-state index contributed by atoms with van der Waals surface area (Å²) in [7, 11) is -3.78. The predicted octanol–water partition coefficient (Wildman–Crippen LogP) is 2.85. The second kappa shape index (κ2) is 7.05. The van der Waals surface area contributed by atoms with Crippen molar-refractivity contribution in [3.63, 3.8) is 0 Å². The topological polar surface area (TPSA) is 92.3 Å². The van der Waals surface area contributed by atoms with E-state index < -0.39 is 10.0 Å². The minimum absolute atomic E-state index is 0.0527. The van der Waals surface area contributed by atoms with Gasteiger partial charge in [-0.2, -0.15) is 0 Å². The number of fused-ring (bicyclic) bond motifs is 1. The second-order valence-corrected chi connectivity index (χ2v) is 8.16. The Morgan fingerprint density at radius 1 is 1.07 bits per heavy atom. The average molecular weight is 394 g/mol. The Morgan fingerprint density at radius 3 is 2.46 bits per heavy atom. The first-order valence-corrected chi connectivity index (χ1v) is 10.2. The molecule has 8 heteroatoms. The van der Waals surface area contributed by atoms with Crippen molar-refractivity contribution in [3.8, 4) is 11.4 Å². The molecule has 0 radical (unpaired) electrons. The number of aromatic nitrogens is 2. The highest BCUT2D eigenvalue weighted by Crippen LogP contribution is 2.30. The van der Waals surface area contributed by atoms with Gasteiger partial charge in [-0.15, -0.1) is 0 Å². The monoisotopic (exact) mass is 394 g/mol. The summed E-state index contributed by atoms with van der Waals surface area (Å²) in [6, 6.07) is 14.2. The molecule has 1 aromatic heterocycles. The summed E-state index contributed by atoms with van der Waals surface area (Å²) >= 11 is 0. The largest absolute Gasteiger partial charge is 0.312 e. The number of sulfonamides is 1. The van der Waals surface area contributed by atoms with E-state index in [-0.39, 0.29) is 16.5 Å². The molecule has 3 aromatic rings. The highest BCUT2D eigenvalue weighted by Gasteiger charge is 2.25. The molecule has 28 heavy (non-hydrogen) atoms. The molecular weight excluding hydrogens is 376 g/mol. The maximum Gasteiger partial charge on any atom is 0.262 e. The van der Waals surface area contributed by atoms with Gasteiger partial charge >= 0.3 is 0 Å². The lowest BCUT2D eigenvalue weighted by molar-refractivity contribution is -0.116. The molecule has 0 aliphatic carbocycles. The Bertz CT molecular complexity index is 1130. The van der Waals surface area contributed by atoms with E-state index >= 15 is 0 Å². The molecule has 0 atom stereocenters. The van der Waals surface area contributed by atoms with E-state index in [0.717, 1.165) is 16.8 Å². The van der Waals surface area contributed by atoms with Crippen LogP contribution in [0.2, 0.25) is 0 Å². The van der Waals surface area contributed by atoms with Gasteiger partial charge in [0, 0.05) is 24.7 Å². The highest BCUT2D eigenvalue weighted by molar-refractivity contribution is 7.92. The quantitative estimate of drug-likeness (QED) is 0.735. The summed E-state index contributed by atoms with van der Waals surface area (Å²) in [5, 5.41) is 0. The Hall–Kier alpha value is -3.26. The molecule has 0 bridgehead atoms. The van der Waals surface area contributed by atoms with Crippen molar-refractivity contribution in [2.75, 3.05) is 16.2 Å². The van der Waals surface area contributed by atoms with Gasteiger partial charge in [0.2, 0.25) is 5.91 Å². The zero-order chi connectivity index (χ0) is 19.7. The van der Waals surface area contributed by atoms with Crippen molar-refractivity contribution in [3.05, 3.63) is 66.5 Å². The summed E-state index contributed by atoms with van der Waals surface area (Å²) in [6.45, 7) is 2.07. The fourth-order valence-electron chi connectivity index (χ4n) is 3.20. The maximum atomic E-state index is 12.7. The van der Waals surface area contributed by atoms with Crippen LogP contribution in [-0.2, 0) is 21.2 Å². The SMILES string of the molecule is CC(=O)N1CCc2cc(S(=O)(=O)Nc3cnc(-c4ccccc4)nc3)ccc21. The Balaban J connectivity index is 1.56. The molecule has 1 aliphatic heterocycles. The third-order valence-electron chi connectivity index (χ3n) is 4.57. The van der Waals surface area contributed by atoms with E-state index in [2.05, 4.69) is 14.7 Å². The molecule has 1 aliphatic rings. The van der Waals surface area contributed by atoms with Crippen LogP contribution in [0.25, 0.3) is 11.4 Å². The third-order valence-corrected chi connectivity index (χ3v) is 5.95. The number of carbonyl (C=O) groups is 1. The summed E-state index contributed by atoms with van der Waals surface area (Å²) in [5.74, 6) is 0.466. The molecule has 2 aromatic carbocycles. The van der Waals surface area contributed by atoms with Crippen LogP contribution in [0.4, 0.5) is 11.4 Å². The van der Waals surface area contributed by atoms with Gasteiger partial charge in [0.15, 0.2) is 5.82 Å². The van der Waals surface area contributed by atoms with Crippen LogP contribution in [0.3, 0.4) is 0 Å². The normalized spacial score (nSPS) is 13.2. The molecule has 1 N–H and O–H groups in total. The molecule has 0 fully saturated rings. The van der Waals surface area contributed by atoms with Crippen LogP contribution in [0.5, 0.6) is 0 Å². The first-order chi connectivity index (χ1) is 13.4. The zero-order valence-corrected chi connectivity index (χ0v) is 16.0. The number of rotatable bonds is 4. The molecule has 1 amide bonds. The lowest BCUT2D eigenvalue weighted by atomic mass is 10.2. The second-order valence-electron chi connectivity index (χ2n) is 6.48. The fourth-order valence-corrected chi connectivity index (χ4v) is 4.28. The number of carbonyl (C=O) groups excluding carboxylic acids is 1. The Morgan fingerprint density at radius 2 is 1.79 bits per heavy atom. The maximum absolute atomic E-state index is 12.7. The molecule has 0 unspecified atom stereocenters. The smallest absolute Gasteiger partial charge is 0.262 e. The Kier molecular flexibility index (Phi) is 4.56. The number of anilines is 2. The molecule has 142 valence electrons. The third kappa shape index (κ3) is 3.46. The van der Waals surface area contributed by atoms with Crippen molar-refractivity contribution >= 4 is 27.3 Å². The minimum Gasteiger partial charge on any atom is -0.312 e. The molecule has 2 heterocycles. The van der Waals surface area contributed by atoms with Crippen molar-refractivity contribution in [1.82, 2.24) is 9.97 Å². The van der Waals surface area contributed by atoms with Gasteiger partial charge in [0.05, 0.1) is 23.0 Å². The van der Waals surface area contributed by atoms with E-state index in [1.807, 2.05) is 30.3 Å². The minimum atomic E-state index is -3.78. The number of nitrogens with zero attached hydrogens (tertiary/aromatic N) is 3. The number of nitrogens with one attached hydrogen (secondary N) is 1. The summed E-state index contributed by atoms with van der Waals surface area (Å²) < 4.78 is 28.0. The molecule has 0 saturated heterocycles. The number of hydrogen-bond acceptors (Lipinski definition) is 5. The van der Waals surface area contributed by atoms with E-state index in [4.69, 9.17) is 0 Å². The first kappa shape index (κ1) is 18.1. The lowest BCUT2D eigenvalue weighted by Crippen LogP contribution is -2.25. The first-order valence-electron chi connectivity index (χ1n) is 8.75. The predicted molar refractivity (Wildman–Crippen MR) is 106 cm³/mol. The van der Waals surface area contributed by atoms with Gasteiger partial charge in [-0.25, -0.2) is 18.4 Å². The van der Waals surface area contributed by atoms with Crippen LogP contribution in [0, 0.1) is 0 Å². The van der Waals surface area contributed by atoms with Crippen molar-refractivity contribution in [2.45, 2.75) is 18.2 Å². The molecule has 7 nitrogen and oxygen atoms in total. The zero-order valence-electron chi connectivity index (χ0n) is 15.2. The number of amides is 1. The Labute approximate surface area is 163 Å². The van der Waals surface area contributed by atoms with E-state index in [1.165, 1.54) is 25.4 Å². The standard InChI is InChI=1S/C20H18N4O3S/c1-14(25)24-10-9-16-11-18(7-8-19(16)24)28(26,27)23-17-12-21-20(22-13-17)15-5-3-2-4-6-15/h2-8,11-13,23H,9-10H2,1H3. The average Bonchev–Trinajstić information content (AvgIpc) is 3.12. The fraction of sp³-hybridized carbons (Fsp3) is 0.150. The summed E-state index contributed by atoms with van der Waals surface area (Å²) in [5.41, 5.74) is 2.74. The van der Waals surface area contributed by atoms with Gasteiger partial charge < -0.3 is 4.90 Å². The molecule has 0 saturated carbocycles. The van der Waals surface area contributed by atoms with Crippen molar-refractivity contribution in [1.29, 1.82) is 0 Å². The van der Waals surface area contributed by atoms with Crippen LogP contribution >= 0.6 is 0 Å². The van der Waals surface area contributed by atoms with E-state index in [0.29, 0.717) is 18.8 Å². The number of hydrogen-bond donors (Lipinski definition) is 1. The van der Waals surface area contributed by atoms with Crippen molar-refractivity contribution in [2.24, 2.45) is 0 Å². The van der Waals surface area contributed by atoms with E-state index in [1.54, 1.807) is 17.0 Å². The molecule has 4 rings (SSSR count).